The van der Waals surface area contributed by atoms with Gasteiger partial charge in [0.05, 0.1) is 0 Å². The average Bonchev–Trinajstić information content (AvgIpc) is 3.74. The Kier molecular flexibility index (Phi) is 14.9. The third-order valence-corrected chi connectivity index (χ3v) is 66.7. The van der Waals surface area contributed by atoms with Gasteiger partial charge in [0.1, 0.15) is 0 Å². The van der Waals surface area contributed by atoms with Crippen LogP contribution in [0.25, 0.3) is 34.4 Å². The maximum atomic E-state index is 9.23. The molecular weight excluding hydrogens is 911 g/mol. The number of rotatable bonds is 13. The van der Waals surface area contributed by atoms with E-state index >= 15 is 0 Å². The number of allylic oxidation sites excluding steroid dienone is 2. The summed E-state index contributed by atoms with van der Waals surface area (Å²) in [4.78, 5) is 0. The number of hydrogen-bond acceptors (Lipinski definition) is 0. The Labute approximate surface area is 401 Å². The molecule has 347 valence electrons. The molecule has 0 amide bonds. The van der Waals surface area contributed by atoms with Crippen molar-refractivity contribution in [1.82, 2.24) is 0 Å². The average molecular weight is 997 g/mol. The van der Waals surface area contributed by atoms with Gasteiger partial charge in [0.2, 0.25) is 0 Å². The SMILES string of the molecule is CC(C)CC1=Cc2c(ccc(C(C)(C)C)c2-c2cc(C(C)C)cc(C(C)C)c2)[CH]1[Zr]([Cl])([Cl])([CH]1C(CC(C)C)=Cc2c1ccc(C(C)(C)C)c2-c1cc(C(C)C)cc(C(C)C)c1)[SiH](C)C. The predicted octanol–water partition coefficient (Wildman–Crippen LogP) is 19.8. The summed E-state index contributed by atoms with van der Waals surface area (Å²) in [5.74, 6) is 0.853. The molecule has 0 N–H and O–H groups in total. The molecule has 0 fully saturated rings. The van der Waals surface area contributed by atoms with Crippen molar-refractivity contribution in [3.63, 3.8) is 0 Å². The summed E-state index contributed by atoms with van der Waals surface area (Å²) in [6, 6.07) is 24.8. The zero-order valence-corrected chi connectivity index (χ0v) is 48.9. The van der Waals surface area contributed by atoms with Gasteiger partial charge in [-0.15, -0.1) is 0 Å². The summed E-state index contributed by atoms with van der Waals surface area (Å²) in [7, 11) is 18.5. The molecule has 2 unspecified atom stereocenters. The maximum absolute atomic E-state index is 9.23. The van der Waals surface area contributed by atoms with Gasteiger partial charge < -0.3 is 0 Å². The quantitative estimate of drug-likeness (QED) is 0.117. The molecule has 2 atom stereocenters. The van der Waals surface area contributed by atoms with Gasteiger partial charge in [-0.25, -0.2) is 0 Å². The van der Waals surface area contributed by atoms with Gasteiger partial charge in [-0.3, -0.25) is 0 Å². The van der Waals surface area contributed by atoms with Gasteiger partial charge in [0, 0.05) is 0 Å². The molecule has 0 aromatic heterocycles. The Morgan fingerprint density at radius 2 is 0.781 bits per heavy atom. The normalized spacial score (nSPS) is 17.6. The van der Waals surface area contributed by atoms with Crippen molar-refractivity contribution in [2.24, 2.45) is 11.8 Å². The van der Waals surface area contributed by atoms with E-state index in [1.54, 1.807) is 0 Å². The van der Waals surface area contributed by atoms with E-state index in [1.165, 1.54) is 89.0 Å². The molecule has 0 bridgehead atoms. The number of fused-ring (bicyclic) bond motifs is 2. The van der Waals surface area contributed by atoms with Crippen LogP contribution in [0.15, 0.2) is 71.8 Å². The van der Waals surface area contributed by atoms with Crippen molar-refractivity contribution in [2.45, 2.75) is 192 Å². The third kappa shape index (κ3) is 9.55. The minimum atomic E-state index is -5.17. The number of halogens is 2. The van der Waals surface area contributed by atoms with E-state index in [1.807, 2.05) is 0 Å². The summed E-state index contributed by atoms with van der Waals surface area (Å²) in [5, 5.41) is 0. The molecular formula is C60H85Cl2SiZr. The summed E-state index contributed by atoms with van der Waals surface area (Å²) < 4.78 is 0.0713. The summed E-state index contributed by atoms with van der Waals surface area (Å²) in [6.45, 7) is 47.6. The third-order valence-electron chi connectivity index (χ3n) is 14.9. The van der Waals surface area contributed by atoms with Crippen molar-refractivity contribution in [2.75, 3.05) is 0 Å². The van der Waals surface area contributed by atoms with E-state index < -0.39 is 21.5 Å². The molecule has 0 spiro atoms. The van der Waals surface area contributed by atoms with Gasteiger partial charge in [0.25, 0.3) is 0 Å². The first-order valence-electron chi connectivity index (χ1n) is 25.1. The van der Waals surface area contributed by atoms with E-state index in [9.17, 15) is 17.0 Å². The van der Waals surface area contributed by atoms with Crippen LogP contribution >= 0.6 is 17.0 Å². The van der Waals surface area contributed by atoms with E-state index in [0.29, 0.717) is 35.5 Å². The Balaban J connectivity index is 1.75. The Morgan fingerprint density at radius 1 is 0.484 bits per heavy atom. The molecule has 6 rings (SSSR count). The molecule has 0 radical (unpaired) electrons. The summed E-state index contributed by atoms with van der Waals surface area (Å²) in [6.07, 6.45) is 7.23. The van der Waals surface area contributed by atoms with E-state index in [-0.39, 0.29) is 18.1 Å². The molecule has 0 saturated heterocycles. The molecule has 0 aliphatic heterocycles. The first kappa shape index (κ1) is 51.4. The molecule has 0 nitrogen and oxygen atoms in total. The molecule has 2 aliphatic rings. The zero-order chi connectivity index (χ0) is 47.8. The van der Waals surface area contributed by atoms with Crippen LogP contribution in [0.5, 0.6) is 0 Å². The van der Waals surface area contributed by atoms with Crippen molar-refractivity contribution in [3.05, 3.63) is 127 Å². The second-order valence-electron chi connectivity index (χ2n) is 24.8. The molecule has 4 heteroatoms. The molecule has 0 saturated carbocycles. The fraction of sp³-hybridized carbons (Fsp3) is 0.533. The van der Waals surface area contributed by atoms with Crippen LogP contribution < -0.4 is 0 Å². The monoisotopic (exact) mass is 993 g/mol. The van der Waals surface area contributed by atoms with E-state index in [4.69, 9.17) is 0 Å². The van der Waals surface area contributed by atoms with Crippen LogP contribution in [0.4, 0.5) is 0 Å². The van der Waals surface area contributed by atoms with Crippen LogP contribution in [-0.2, 0) is 26.4 Å². The predicted molar refractivity (Wildman–Crippen MR) is 288 cm³/mol. The number of hydrogen-bond donors (Lipinski definition) is 0. The first-order chi connectivity index (χ1) is 29.5. The van der Waals surface area contributed by atoms with Crippen LogP contribution in [0.3, 0.4) is 0 Å². The molecule has 0 heterocycles. The van der Waals surface area contributed by atoms with Crippen molar-refractivity contribution < 1.29 is 15.6 Å². The van der Waals surface area contributed by atoms with E-state index in [2.05, 4.69) is 211 Å². The standard InChI is InChI=1S/2C29H39.C2H7Si.2ClH.Zr/c2*1-18(2)12-21-13-22-10-11-27(29(7,8)9)28(26(22)14-21)25-16-23(19(3)4)15-24(17-25)20(5)6;1-3-2;;;/h2*10-11,13-20H,12H2,1-9H3;3H,1-2H3;2*1H;/q;;;;;+2/p-2. The first-order valence-corrected chi connectivity index (χ1v) is 41.4. The summed E-state index contributed by atoms with van der Waals surface area (Å²) >= 11 is -5.17. The second-order valence-corrected chi connectivity index (χ2v) is 67.3. The zero-order valence-electron chi connectivity index (χ0n) is 43.8. The Morgan fingerprint density at radius 3 is 1.02 bits per heavy atom. The van der Waals surface area contributed by atoms with Gasteiger partial charge >= 0.3 is 405 Å². The van der Waals surface area contributed by atoms with Crippen molar-refractivity contribution in [3.8, 4) is 22.3 Å². The molecule has 64 heavy (non-hydrogen) atoms. The van der Waals surface area contributed by atoms with Gasteiger partial charge in [0.15, 0.2) is 0 Å². The van der Waals surface area contributed by atoms with Crippen LogP contribution in [0.2, 0.25) is 13.1 Å². The van der Waals surface area contributed by atoms with Gasteiger partial charge in [-0.2, -0.15) is 0 Å². The van der Waals surface area contributed by atoms with Gasteiger partial charge in [-0.05, 0) is 0 Å². The van der Waals surface area contributed by atoms with Crippen LogP contribution in [-0.4, -0.2) is 5.92 Å². The fourth-order valence-corrected chi connectivity index (χ4v) is 42.7. The molecule has 4 aromatic rings. The topological polar surface area (TPSA) is 0 Å². The summed E-state index contributed by atoms with van der Waals surface area (Å²) in [5.41, 5.74) is 22.3. The van der Waals surface area contributed by atoms with Gasteiger partial charge in [-0.1, -0.05) is 0 Å². The second kappa shape index (κ2) is 18.5. The minimum absolute atomic E-state index is 0.0357. The van der Waals surface area contributed by atoms with Crippen molar-refractivity contribution >= 4 is 35.1 Å². The molecule has 4 aromatic carbocycles. The fourth-order valence-electron chi connectivity index (χ4n) is 11.3. The number of benzene rings is 4. The molecule has 2 aliphatic carbocycles. The van der Waals surface area contributed by atoms with E-state index in [0.717, 1.165) is 12.8 Å². The Bertz CT molecular complexity index is 2240. The Hall–Kier alpha value is -1.96. The van der Waals surface area contributed by atoms with Crippen LogP contribution in [0, 0.1) is 11.8 Å². The van der Waals surface area contributed by atoms with Crippen molar-refractivity contribution in [1.29, 1.82) is 0 Å². The van der Waals surface area contributed by atoms with Crippen LogP contribution in [0.1, 0.15) is 224 Å².